The van der Waals surface area contributed by atoms with Gasteiger partial charge in [-0.05, 0) is 53.1 Å². The minimum absolute atomic E-state index is 0.0443. The summed E-state index contributed by atoms with van der Waals surface area (Å²) in [5.74, 6) is -1.81. The highest BCUT2D eigenvalue weighted by molar-refractivity contribution is 6.08. The van der Waals surface area contributed by atoms with E-state index in [4.69, 9.17) is 0 Å². The average molecular weight is 349 g/mol. The Kier molecular flexibility index (Phi) is 3.77. The molecule has 0 unspecified atom stereocenters. The molecule has 0 atom stereocenters. The first-order valence-electron chi connectivity index (χ1n) is 7.94. The second-order valence-corrected chi connectivity index (χ2v) is 5.95. The number of carbonyl (C=O) groups is 1. The van der Waals surface area contributed by atoms with Gasteiger partial charge in [0, 0.05) is 16.5 Å². The minimum Gasteiger partial charge on any atom is -0.477 e. The molecule has 2 N–H and O–H groups in total. The van der Waals surface area contributed by atoms with E-state index in [1.54, 1.807) is 30.3 Å². The van der Waals surface area contributed by atoms with E-state index < -0.39 is 11.8 Å². The monoisotopic (exact) mass is 349 g/mol. The van der Waals surface area contributed by atoms with Crippen molar-refractivity contribution < 1.29 is 18.7 Å². The molecular formula is C21H13F2NO2. The number of halogens is 2. The molecule has 1 aromatic heterocycles. The summed E-state index contributed by atoms with van der Waals surface area (Å²) in [5.41, 5.74) is 3.45. The van der Waals surface area contributed by atoms with Crippen LogP contribution in [-0.2, 0) is 0 Å². The molecule has 4 rings (SSSR count). The number of aromatic carboxylic acids is 1. The van der Waals surface area contributed by atoms with E-state index in [0.717, 1.165) is 11.1 Å². The summed E-state index contributed by atoms with van der Waals surface area (Å²) in [5, 5.41) is 10.3. The number of hydrogen-bond donors (Lipinski definition) is 2. The van der Waals surface area contributed by atoms with Crippen LogP contribution in [0.1, 0.15) is 10.5 Å². The fraction of sp³-hybridized carbons (Fsp3) is 0. The van der Waals surface area contributed by atoms with Gasteiger partial charge in [0.15, 0.2) is 0 Å². The average Bonchev–Trinajstić information content (AvgIpc) is 3.02. The van der Waals surface area contributed by atoms with E-state index in [1.165, 1.54) is 24.3 Å². The number of fused-ring (bicyclic) bond motifs is 1. The minimum atomic E-state index is -1.09. The standard InChI is InChI=1S/C21H13F2NO2/c22-15-6-1-12(2-7-15)14-5-10-18-17(11-14)19(20(24-18)21(25)26)13-3-8-16(23)9-4-13/h1-11,24H,(H,25,26). The molecule has 26 heavy (non-hydrogen) atoms. The Morgan fingerprint density at radius 3 is 1.88 bits per heavy atom. The van der Waals surface area contributed by atoms with Crippen molar-refractivity contribution in [3.8, 4) is 22.3 Å². The Morgan fingerprint density at radius 1 is 0.769 bits per heavy atom. The summed E-state index contributed by atoms with van der Waals surface area (Å²) >= 11 is 0. The van der Waals surface area contributed by atoms with Crippen molar-refractivity contribution in [3.63, 3.8) is 0 Å². The van der Waals surface area contributed by atoms with Crippen LogP contribution >= 0.6 is 0 Å². The summed E-state index contributed by atoms with van der Waals surface area (Å²) in [6, 6.07) is 17.2. The van der Waals surface area contributed by atoms with Crippen LogP contribution in [0.2, 0.25) is 0 Å². The third kappa shape index (κ3) is 2.73. The Bertz CT molecular complexity index is 1110. The van der Waals surface area contributed by atoms with Crippen LogP contribution in [0.25, 0.3) is 33.2 Å². The van der Waals surface area contributed by atoms with Gasteiger partial charge in [-0.2, -0.15) is 0 Å². The van der Waals surface area contributed by atoms with Gasteiger partial charge >= 0.3 is 5.97 Å². The number of carboxylic acids is 1. The maximum atomic E-state index is 13.3. The van der Waals surface area contributed by atoms with Gasteiger partial charge in [0.1, 0.15) is 17.3 Å². The molecule has 0 radical (unpaired) electrons. The van der Waals surface area contributed by atoms with E-state index >= 15 is 0 Å². The second kappa shape index (κ2) is 6.11. The highest BCUT2D eigenvalue weighted by Gasteiger charge is 2.19. The molecule has 0 fully saturated rings. The SMILES string of the molecule is O=C(O)c1[nH]c2ccc(-c3ccc(F)cc3)cc2c1-c1ccc(F)cc1. The predicted octanol–water partition coefficient (Wildman–Crippen LogP) is 5.48. The van der Waals surface area contributed by atoms with Crippen LogP contribution in [0.15, 0.2) is 66.7 Å². The molecule has 3 aromatic carbocycles. The van der Waals surface area contributed by atoms with E-state index in [9.17, 15) is 18.7 Å². The summed E-state index contributed by atoms with van der Waals surface area (Å²) < 4.78 is 26.4. The zero-order valence-electron chi connectivity index (χ0n) is 13.5. The van der Waals surface area contributed by atoms with Crippen LogP contribution in [0.5, 0.6) is 0 Å². The van der Waals surface area contributed by atoms with Gasteiger partial charge in [-0.1, -0.05) is 30.3 Å². The molecule has 0 saturated carbocycles. The largest absolute Gasteiger partial charge is 0.477 e. The zero-order chi connectivity index (χ0) is 18.3. The van der Waals surface area contributed by atoms with Gasteiger partial charge in [0.25, 0.3) is 0 Å². The van der Waals surface area contributed by atoms with E-state index in [0.29, 0.717) is 22.0 Å². The first kappa shape index (κ1) is 16.0. The van der Waals surface area contributed by atoms with Crippen molar-refractivity contribution in [1.82, 2.24) is 4.98 Å². The van der Waals surface area contributed by atoms with Crippen LogP contribution < -0.4 is 0 Å². The molecule has 3 nitrogen and oxygen atoms in total. The maximum absolute atomic E-state index is 13.3. The second-order valence-electron chi connectivity index (χ2n) is 5.95. The molecule has 0 amide bonds. The number of H-pyrrole nitrogens is 1. The van der Waals surface area contributed by atoms with Crippen LogP contribution in [0.4, 0.5) is 8.78 Å². The molecule has 0 saturated heterocycles. The van der Waals surface area contributed by atoms with Crippen molar-refractivity contribution in [2.24, 2.45) is 0 Å². The first-order valence-corrected chi connectivity index (χ1v) is 7.94. The van der Waals surface area contributed by atoms with Gasteiger partial charge in [0.2, 0.25) is 0 Å². The number of aromatic nitrogens is 1. The third-order valence-corrected chi connectivity index (χ3v) is 4.32. The highest BCUT2D eigenvalue weighted by Crippen LogP contribution is 2.35. The Balaban J connectivity index is 1.96. The molecular weight excluding hydrogens is 336 g/mol. The van der Waals surface area contributed by atoms with Gasteiger partial charge in [-0.25, -0.2) is 13.6 Å². The molecule has 0 aliphatic carbocycles. The van der Waals surface area contributed by atoms with Crippen molar-refractivity contribution in [2.45, 2.75) is 0 Å². The summed E-state index contributed by atoms with van der Waals surface area (Å²) in [7, 11) is 0. The van der Waals surface area contributed by atoms with Gasteiger partial charge in [0.05, 0.1) is 0 Å². The van der Waals surface area contributed by atoms with Crippen LogP contribution in [0.3, 0.4) is 0 Å². The lowest BCUT2D eigenvalue weighted by Crippen LogP contribution is -1.98. The number of carboxylic acid groups (broad SMARTS) is 1. The van der Waals surface area contributed by atoms with Crippen LogP contribution in [-0.4, -0.2) is 16.1 Å². The lowest BCUT2D eigenvalue weighted by atomic mass is 9.98. The Hall–Kier alpha value is -3.47. The highest BCUT2D eigenvalue weighted by atomic mass is 19.1. The lowest BCUT2D eigenvalue weighted by Gasteiger charge is -2.05. The molecule has 5 heteroatoms. The van der Waals surface area contributed by atoms with Crippen molar-refractivity contribution in [1.29, 1.82) is 0 Å². The Labute approximate surface area is 147 Å². The van der Waals surface area contributed by atoms with Crippen LogP contribution in [0, 0.1) is 11.6 Å². The summed E-state index contributed by atoms with van der Waals surface area (Å²) in [6.45, 7) is 0. The summed E-state index contributed by atoms with van der Waals surface area (Å²) in [4.78, 5) is 14.6. The normalized spacial score (nSPS) is 11.0. The van der Waals surface area contributed by atoms with Crippen molar-refractivity contribution in [3.05, 3.63) is 84.1 Å². The fourth-order valence-corrected chi connectivity index (χ4v) is 3.09. The smallest absolute Gasteiger partial charge is 0.352 e. The maximum Gasteiger partial charge on any atom is 0.352 e. The van der Waals surface area contributed by atoms with E-state index in [-0.39, 0.29) is 11.5 Å². The number of nitrogens with one attached hydrogen (secondary N) is 1. The van der Waals surface area contributed by atoms with E-state index in [2.05, 4.69) is 4.98 Å². The number of rotatable bonds is 3. The number of aromatic amines is 1. The molecule has 0 aliphatic rings. The molecule has 0 bridgehead atoms. The lowest BCUT2D eigenvalue weighted by molar-refractivity contribution is 0.0692. The molecule has 4 aromatic rings. The van der Waals surface area contributed by atoms with E-state index in [1.807, 2.05) is 12.1 Å². The third-order valence-electron chi connectivity index (χ3n) is 4.32. The number of benzene rings is 3. The van der Waals surface area contributed by atoms with Crippen molar-refractivity contribution >= 4 is 16.9 Å². The quantitative estimate of drug-likeness (QED) is 0.515. The number of hydrogen-bond acceptors (Lipinski definition) is 1. The van der Waals surface area contributed by atoms with Gasteiger partial charge in [-0.15, -0.1) is 0 Å². The van der Waals surface area contributed by atoms with Gasteiger partial charge < -0.3 is 10.1 Å². The summed E-state index contributed by atoms with van der Waals surface area (Å²) in [6.07, 6.45) is 0. The predicted molar refractivity (Wildman–Crippen MR) is 96.0 cm³/mol. The molecule has 0 aliphatic heterocycles. The molecule has 1 heterocycles. The molecule has 0 spiro atoms. The molecule has 128 valence electrons. The van der Waals surface area contributed by atoms with Crippen molar-refractivity contribution in [2.75, 3.05) is 0 Å². The Morgan fingerprint density at radius 2 is 1.31 bits per heavy atom. The zero-order valence-corrected chi connectivity index (χ0v) is 13.5. The first-order chi connectivity index (χ1) is 12.5. The fourth-order valence-electron chi connectivity index (χ4n) is 3.09. The van der Waals surface area contributed by atoms with Gasteiger partial charge in [-0.3, -0.25) is 0 Å². The topological polar surface area (TPSA) is 53.1 Å².